The minimum absolute atomic E-state index is 0.0651. The van der Waals surface area contributed by atoms with E-state index in [1.807, 2.05) is 19.1 Å². The first-order valence-electron chi connectivity index (χ1n) is 5.31. The number of aryl methyl sites for hydroxylation is 1. The zero-order chi connectivity index (χ0) is 12.0. The number of amides is 1. The Morgan fingerprint density at radius 2 is 2.19 bits per heavy atom. The molecular weight excluding hydrogens is 226 g/mol. The highest BCUT2D eigenvalue weighted by molar-refractivity contribution is 6.33. The third kappa shape index (κ3) is 3.83. The lowest BCUT2D eigenvalue weighted by molar-refractivity contribution is -0.116. The van der Waals surface area contributed by atoms with Crippen LogP contribution in [-0.2, 0) is 4.79 Å². The van der Waals surface area contributed by atoms with Crippen molar-refractivity contribution in [1.29, 1.82) is 0 Å². The van der Waals surface area contributed by atoms with E-state index >= 15 is 0 Å². The van der Waals surface area contributed by atoms with Crippen LogP contribution < -0.4 is 5.32 Å². The zero-order valence-electron chi connectivity index (χ0n) is 9.29. The van der Waals surface area contributed by atoms with Crippen LogP contribution in [0.5, 0.6) is 0 Å². The molecule has 4 heteroatoms. The summed E-state index contributed by atoms with van der Waals surface area (Å²) in [4.78, 5) is 11.5. The monoisotopic (exact) mass is 241 g/mol. The molecule has 0 bridgehead atoms. The molecule has 0 aliphatic rings. The number of benzene rings is 1. The number of unbranched alkanes of at least 4 members (excludes halogenated alkanes) is 1. The Bertz CT molecular complexity index is 346. The summed E-state index contributed by atoms with van der Waals surface area (Å²) in [7, 11) is 0. The lowest BCUT2D eigenvalue weighted by Crippen LogP contribution is -2.12. The van der Waals surface area contributed by atoms with E-state index in [2.05, 4.69) is 5.32 Å². The molecule has 0 aliphatic heterocycles. The summed E-state index contributed by atoms with van der Waals surface area (Å²) in [6, 6.07) is 5.49. The van der Waals surface area contributed by atoms with Crippen molar-refractivity contribution in [2.75, 3.05) is 11.9 Å². The van der Waals surface area contributed by atoms with Gasteiger partial charge >= 0.3 is 0 Å². The molecule has 88 valence electrons. The van der Waals surface area contributed by atoms with Crippen molar-refractivity contribution in [1.82, 2.24) is 0 Å². The van der Waals surface area contributed by atoms with E-state index in [9.17, 15) is 4.79 Å². The normalized spacial score (nSPS) is 10.2. The van der Waals surface area contributed by atoms with Crippen LogP contribution >= 0.6 is 11.6 Å². The van der Waals surface area contributed by atoms with Crippen molar-refractivity contribution in [2.24, 2.45) is 0 Å². The molecule has 16 heavy (non-hydrogen) atoms. The lowest BCUT2D eigenvalue weighted by Gasteiger charge is -2.09. The number of carbonyl (C=O) groups excluding carboxylic acids is 1. The number of anilines is 1. The van der Waals surface area contributed by atoms with Gasteiger partial charge in [-0.1, -0.05) is 23.7 Å². The second-order valence-electron chi connectivity index (χ2n) is 3.66. The van der Waals surface area contributed by atoms with Crippen LogP contribution in [0.3, 0.4) is 0 Å². The summed E-state index contributed by atoms with van der Waals surface area (Å²) in [5.41, 5.74) is 1.63. The summed E-state index contributed by atoms with van der Waals surface area (Å²) in [5.74, 6) is -0.0651. The van der Waals surface area contributed by atoms with Crippen molar-refractivity contribution < 1.29 is 9.90 Å². The van der Waals surface area contributed by atoms with E-state index in [0.29, 0.717) is 30.0 Å². The largest absolute Gasteiger partial charge is 0.396 e. The fraction of sp³-hybridized carbons (Fsp3) is 0.417. The molecule has 2 N–H and O–H groups in total. The Morgan fingerprint density at radius 1 is 1.44 bits per heavy atom. The van der Waals surface area contributed by atoms with E-state index in [1.54, 1.807) is 6.07 Å². The van der Waals surface area contributed by atoms with Gasteiger partial charge in [0.05, 0.1) is 10.7 Å². The molecule has 0 aromatic heterocycles. The van der Waals surface area contributed by atoms with Gasteiger partial charge < -0.3 is 10.4 Å². The number of aliphatic hydroxyl groups is 1. The smallest absolute Gasteiger partial charge is 0.224 e. The maximum Gasteiger partial charge on any atom is 0.224 e. The molecule has 0 unspecified atom stereocenters. The SMILES string of the molecule is Cc1cccc(Cl)c1NC(=O)CCCCO. The van der Waals surface area contributed by atoms with Crippen LogP contribution in [0.1, 0.15) is 24.8 Å². The second-order valence-corrected chi connectivity index (χ2v) is 4.07. The molecule has 0 saturated carbocycles. The first-order chi connectivity index (χ1) is 7.65. The Kier molecular flexibility index (Phi) is 5.29. The predicted molar refractivity (Wildman–Crippen MR) is 65.8 cm³/mol. The molecule has 0 radical (unpaired) electrons. The van der Waals surface area contributed by atoms with E-state index in [0.717, 1.165) is 5.56 Å². The van der Waals surface area contributed by atoms with E-state index in [1.165, 1.54) is 0 Å². The summed E-state index contributed by atoms with van der Waals surface area (Å²) < 4.78 is 0. The van der Waals surface area contributed by atoms with E-state index in [-0.39, 0.29) is 12.5 Å². The number of rotatable bonds is 5. The summed E-state index contributed by atoms with van der Waals surface area (Å²) in [5, 5.41) is 11.9. The van der Waals surface area contributed by atoms with Crippen LogP contribution in [-0.4, -0.2) is 17.6 Å². The summed E-state index contributed by atoms with van der Waals surface area (Å²) >= 11 is 5.98. The average molecular weight is 242 g/mol. The maximum atomic E-state index is 11.5. The minimum Gasteiger partial charge on any atom is -0.396 e. The number of carbonyl (C=O) groups is 1. The number of halogens is 1. The van der Waals surface area contributed by atoms with Crippen LogP contribution in [0.15, 0.2) is 18.2 Å². The third-order valence-electron chi connectivity index (χ3n) is 2.30. The molecule has 0 aliphatic carbocycles. The molecule has 3 nitrogen and oxygen atoms in total. The van der Waals surface area contributed by atoms with Gasteiger partial charge in [0, 0.05) is 13.0 Å². The van der Waals surface area contributed by atoms with Gasteiger partial charge in [-0.15, -0.1) is 0 Å². The molecule has 1 rings (SSSR count). The number of para-hydroxylation sites is 1. The average Bonchev–Trinajstić information content (AvgIpc) is 2.24. The second kappa shape index (κ2) is 6.51. The Morgan fingerprint density at radius 3 is 2.81 bits per heavy atom. The van der Waals surface area contributed by atoms with Crippen LogP contribution in [0, 0.1) is 6.92 Å². The van der Waals surface area contributed by atoms with Crippen molar-refractivity contribution in [2.45, 2.75) is 26.2 Å². The van der Waals surface area contributed by atoms with Crippen LogP contribution in [0.25, 0.3) is 0 Å². The highest BCUT2D eigenvalue weighted by atomic mass is 35.5. The first-order valence-corrected chi connectivity index (χ1v) is 5.68. The van der Waals surface area contributed by atoms with Gasteiger partial charge in [-0.25, -0.2) is 0 Å². The standard InChI is InChI=1S/C12H16ClNO2/c1-9-5-4-6-10(13)12(9)14-11(16)7-2-3-8-15/h4-6,15H,2-3,7-8H2,1H3,(H,14,16). The highest BCUT2D eigenvalue weighted by Gasteiger charge is 2.07. The van der Waals surface area contributed by atoms with Gasteiger partial charge in [-0.2, -0.15) is 0 Å². The Labute approximate surface area is 100 Å². The summed E-state index contributed by atoms with van der Waals surface area (Å²) in [6.07, 6.45) is 1.74. The number of nitrogens with one attached hydrogen (secondary N) is 1. The molecule has 1 aromatic carbocycles. The molecule has 0 heterocycles. The fourth-order valence-corrected chi connectivity index (χ4v) is 1.66. The molecule has 0 atom stereocenters. The van der Waals surface area contributed by atoms with E-state index in [4.69, 9.17) is 16.7 Å². The number of hydrogen-bond donors (Lipinski definition) is 2. The molecule has 1 amide bonds. The van der Waals surface area contributed by atoms with Crippen molar-refractivity contribution in [3.05, 3.63) is 28.8 Å². The fourth-order valence-electron chi connectivity index (χ4n) is 1.39. The topological polar surface area (TPSA) is 49.3 Å². The molecule has 0 spiro atoms. The van der Waals surface area contributed by atoms with Gasteiger partial charge in [-0.3, -0.25) is 4.79 Å². The van der Waals surface area contributed by atoms with Gasteiger partial charge in [0.1, 0.15) is 0 Å². The zero-order valence-corrected chi connectivity index (χ0v) is 10.0. The van der Waals surface area contributed by atoms with E-state index < -0.39 is 0 Å². The van der Waals surface area contributed by atoms with Crippen LogP contribution in [0.4, 0.5) is 5.69 Å². The van der Waals surface area contributed by atoms with Gasteiger partial charge in [0.15, 0.2) is 0 Å². The molecular formula is C12H16ClNO2. The minimum atomic E-state index is -0.0651. The van der Waals surface area contributed by atoms with Crippen molar-refractivity contribution in [3.63, 3.8) is 0 Å². The van der Waals surface area contributed by atoms with Crippen molar-refractivity contribution >= 4 is 23.2 Å². The Hall–Kier alpha value is -1.06. The van der Waals surface area contributed by atoms with Gasteiger partial charge in [0.2, 0.25) is 5.91 Å². The van der Waals surface area contributed by atoms with Crippen LogP contribution in [0.2, 0.25) is 5.02 Å². The summed E-state index contributed by atoms with van der Waals surface area (Å²) in [6.45, 7) is 2.02. The van der Waals surface area contributed by atoms with Crippen molar-refractivity contribution in [3.8, 4) is 0 Å². The lowest BCUT2D eigenvalue weighted by atomic mass is 10.2. The quantitative estimate of drug-likeness (QED) is 0.779. The molecule has 1 aromatic rings. The maximum absolute atomic E-state index is 11.5. The highest BCUT2D eigenvalue weighted by Crippen LogP contribution is 2.25. The molecule has 0 saturated heterocycles. The Balaban J connectivity index is 2.56. The van der Waals surface area contributed by atoms with Gasteiger partial charge in [0.25, 0.3) is 0 Å². The van der Waals surface area contributed by atoms with Gasteiger partial charge in [-0.05, 0) is 31.4 Å². The number of aliphatic hydroxyl groups excluding tert-OH is 1. The number of hydrogen-bond acceptors (Lipinski definition) is 2. The predicted octanol–water partition coefficient (Wildman–Crippen LogP) is 2.75. The molecule has 0 fully saturated rings. The first kappa shape index (κ1) is 13.0. The third-order valence-corrected chi connectivity index (χ3v) is 2.61.